The van der Waals surface area contributed by atoms with Gasteiger partial charge in [0.15, 0.2) is 0 Å². The van der Waals surface area contributed by atoms with Gasteiger partial charge in [-0.3, -0.25) is 0 Å². The van der Waals surface area contributed by atoms with Crippen molar-refractivity contribution < 1.29 is 0 Å². The van der Waals surface area contributed by atoms with Crippen molar-refractivity contribution in [1.29, 1.82) is 0 Å². The van der Waals surface area contributed by atoms with Crippen molar-refractivity contribution in [2.45, 2.75) is 47.1 Å². The third kappa shape index (κ3) is 5.74. The lowest BCUT2D eigenvalue weighted by molar-refractivity contribution is 0.700. The van der Waals surface area contributed by atoms with Crippen LogP contribution in [0.1, 0.15) is 56.8 Å². The number of rotatable bonds is 10. The van der Waals surface area contributed by atoms with Gasteiger partial charge in [0.05, 0.1) is 17.3 Å². The molecule has 5 nitrogen and oxygen atoms in total. The van der Waals surface area contributed by atoms with Gasteiger partial charge >= 0.3 is 0 Å². The summed E-state index contributed by atoms with van der Waals surface area (Å²) < 4.78 is 0. The molecule has 0 amide bonds. The maximum absolute atomic E-state index is 5.12. The van der Waals surface area contributed by atoms with Crippen LogP contribution in [0.25, 0.3) is 17.0 Å². The first-order valence-corrected chi connectivity index (χ1v) is 14.7. The van der Waals surface area contributed by atoms with E-state index < -0.39 is 0 Å². The molecule has 1 aromatic heterocycles. The second kappa shape index (κ2) is 12.4. The molecule has 0 saturated carbocycles. The highest BCUT2D eigenvalue weighted by atomic mass is 15.5. The van der Waals surface area contributed by atoms with E-state index in [4.69, 9.17) is 10.1 Å². The van der Waals surface area contributed by atoms with E-state index in [2.05, 4.69) is 140 Å². The van der Waals surface area contributed by atoms with E-state index in [9.17, 15) is 0 Å². The van der Waals surface area contributed by atoms with Crippen molar-refractivity contribution in [1.82, 2.24) is 4.98 Å². The molecule has 1 aliphatic rings. The molecule has 0 spiro atoms. The highest BCUT2D eigenvalue weighted by molar-refractivity contribution is 6.01. The average molecular weight is 532 g/mol. The number of nitrogens with zero attached hydrogens (tertiary/aromatic N) is 5. The molecule has 0 N–H and O–H groups in total. The number of hydrogen-bond acceptors (Lipinski definition) is 5. The summed E-state index contributed by atoms with van der Waals surface area (Å²) in [5, 5.41) is 8.43. The summed E-state index contributed by atoms with van der Waals surface area (Å²) in [7, 11) is 0. The lowest BCUT2D eigenvalue weighted by atomic mass is 10.0. The second-order valence-electron chi connectivity index (χ2n) is 10.3. The standard InChI is InChI=1S/C35H41N5/c1-6-38(7-2)30-20-15-27(16-21-30)14-19-29-25-34(28-17-22-31(23-18-28)39(8-3)9-4)40(37-29)35-24-26(5)32-12-10-11-13-33(32)36-35/h10-24,34H,6-9,25H2,1-5H3. The van der Waals surface area contributed by atoms with Crippen molar-refractivity contribution in [3.05, 3.63) is 102 Å². The Morgan fingerprint density at radius 1 is 0.775 bits per heavy atom. The number of hydrogen-bond donors (Lipinski definition) is 0. The summed E-state index contributed by atoms with van der Waals surface area (Å²) in [5.74, 6) is 0.890. The predicted octanol–water partition coefficient (Wildman–Crippen LogP) is 8.26. The number of hydrazone groups is 1. The Morgan fingerprint density at radius 2 is 1.38 bits per heavy atom. The zero-order valence-corrected chi connectivity index (χ0v) is 24.5. The first kappa shape index (κ1) is 27.4. The van der Waals surface area contributed by atoms with Gasteiger partial charge in [-0.05, 0) is 93.8 Å². The quantitative estimate of drug-likeness (QED) is 0.206. The molecule has 3 aromatic carbocycles. The molecule has 0 aliphatic carbocycles. The molecule has 1 unspecified atom stereocenters. The van der Waals surface area contributed by atoms with Crippen LogP contribution in [-0.2, 0) is 0 Å². The highest BCUT2D eigenvalue weighted by Gasteiger charge is 2.29. The van der Waals surface area contributed by atoms with Gasteiger partial charge in [0, 0.05) is 49.4 Å². The van der Waals surface area contributed by atoms with Gasteiger partial charge in [-0.1, -0.05) is 48.5 Å². The Labute approximate surface area is 239 Å². The van der Waals surface area contributed by atoms with Crippen LogP contribution in [0.15, 0.2) is 90.0 Å². The molecule has 5 heteroatoms. The van der Waals surface area contributed by atoms with Crippen molar-refractivity contribution in [3.63, 3.8) is 0 Å². The second-order valence-corrected chi connectivity index (χ2v) is 10.3. The predicted molar refractivity (Wildman–Crippen MR) is 173 cm³/mol. The minimum atomic E-state index is 0.0866. The summed E-state index contributed by atoms with van der Waals surface area (Å²) in [5.41, 5.74) is 8.21. The summed E-state index contributed by atoms with van der Waals surface area (Å²) in [6.45, 7) is 15.0. The molecule has 1 aliphatic heterocycles. The van der Waals surface area contributed by atoms with Crippen molar-refractivity contribution in [3.8, 4) is 0 Å². The van der Waals surface area contributed by atoms with Crippen LogP contribution < -0.4 is 14.8 Å². The molecule has 5 rings (SSSR count). The Bertz CT molecular complexity index is 1480. The van der Waals surface area contributed by atoms with Crippen LogP contribution in [0, 0.1) is 6.92 Å². The van der Waals surface area contributed by atoms with Crippen molar-refractivity contribution >= 4 is 39.9 Å². The van der Waals surface area contributed by atoms with Gasteiger partial charge in [0.2, 0.25) is 0 Å². The number of fused-ring (bicyclic) bond motifs is 1. The van der Waals surface area contributed by atoms with Crippen LogP contribution in [0.2, 0.25) is 0 Å². The molecule has 40 heavy (non-hydrogen) atoms. The van der Waals surface area contributed by atoms with Crippen LogP contribution >= 0.6 is 0 Å². The molecular formula is C35H41N5. The summed E-state index contributed by atoms with van der Waals surface area (Å²) in [6, 6.07) is 28.4. The SMILES string of the molecule is CCN(CC)c1ccc(C=CC2=NN(c3cc(C)c4ccccc4n3)C(c3ccc(N(CC)CC)cc3)C2)cc1. The van der Waals surface area contributed by atoms with Gasteiger partial charge in [0.25, 0.3) is 0 Å². The third-order valence-corrected chi connectivity index (χ3v) is 7.97. The lowest BCUT2D eigenvalue weighted by Gasteiger charge is -2.25. The number of pyridine rings is 1. The molecule has 1 atom stereocenters. The van der Waals surface area contributed by atoms with Gasteiger partial charge in [-0.25, -0.2) is 9.99 Å². The number of benzene rings is 3. The maximum atomic E-state index is 5.12. The van der Waals surface area contributed by atoms with E-state index in [1.807, 2.05) is 0 Å². The van der Waals surface area contributed by atoms with Gasteiger partial charge in [-0.15, -0.1) is 0 Å². The number of allylic oxidation sites excluding steroid dienone is 1. The monoisotopic (exact) mass is 531 g/mol. The lowest BCUT2D eigenvalue weighted by Crippen LogP contribution is -2.22. The average Bonchev–Trinajstić information content (AvgIpc) is 3.43. The van der Waals surface area contributed by atoms with Crippen LogP contribution in [0.3, 0.4) is 0 Å². The van der Waals surface area contributed by atoms with Gasteiger partial charge < -0.3 is 9.80 Å². The first-order chi connectivity index (χ1) is 19.5. The number of anilines is 3. The van der Waals surface area contributed by atoms with Crippen LogP contribution in [0.4, 0.5) is 17.2 Å². The molecular weight excluding hydrogens is 490 g/mol. The van der Waals surface area contributed by atoms with E-state index in [0.717, 1.165) is 49.6 Å². The normalized spacial score (nSPS) is 15.2. The smallest absolute Gasteiger partial charge is 0.150 e. The fourth-order valence-electron chi connectivity index (χ4n) is 5.63. The van der Waals surface area contributed by atoms with Crippen LogP contribution in [0.5, 0.6) is 0 Å². The molecule has 0 saturated heterocycles. The van der Waals surface area contributed by atoms with Crippen molar-refractivity contribution in [2.75, 3.05) is 41.0 Å². The number of para-hydroxylation sites is 1. The molecule has 4 aromatic rings. The zero-order valence-electron chi connectivity index (χ0n) is 24.5. The summed E-state index contributed by atoms with van der Waals surface area (Å²) in [6.07, 6.45) is 5.16. The van der Waals surface area contributed by atoms with E-state index in [-0.39, 0.29) is 6.04 Å². The number of aryl methyl sites for hydroxylation is 1. The fourth-order valence-corrected chi connectivity index (χ4v) is 5.63. The van der Waals surface area contributed by atoms with E-state index >= 15 is 0 Å². The van der Waals surface area contributed by atoms with Gasteiger partial charge in [0.1, 0.15) is 5.82 Å². The fraction of sp³-hybridized carbons (Fsp3) is 0.314. The van der Waals surface area contributed by atoms with E-state index in [1.165, 1.54) is 33.5 Å². The zero-order chi connectivity index (χ0) is 28.1. The minimum absolute atomic E-state index is 0.0866. The summed E-state index contributed by atoms with van der Waals surface area (Å²) >= 11 is 0. The van der Waals surface area contributed by atoms with Crippen LogP contribution in [-0.4, -0.2) is 36.9 Å². The Kier molecular flexibility index (Phi) is 8.49. The number of aromatic nitrogens is 1. The summed E-state index contributed by atoms with van der Waals surface area (Å²) in [4.78, 5) is 9.78. The topological polar surface area (TPSA) is 35.0 Å². The Morgan fingerprint density at radius 3 is 2.00 bits per heavy atom. The van der Waals surface area contributed by atoms with Gasteiger partial charge in [-0.2, -0.15) is 5.10 Å². The largest absolute Gasteiger partial charge is 0.372 e. The Balaban J connectivity index is 1.46. The van der Waals surface area contributed by atoms with E-state index in [1.54, 1.807) is 0 Å². The Hall–Kier alpha value is -4.12. The molecule has 0 radical (unpaired) electrons. The minimum Gasteiger partial charge on any atom is -0.372 e. The van der Waals surface area contributed by atoms with Crippen molar-refractivity contribution in [2.24, 2.45) is 5.10 Å². The molecule has 206 valence electrons. The molecule has 2 heterocycles. The molecule has 0 bridgehead atoms. The maximum Gasteiger partial charge on any atom is 0.150 e. The third-order valence-electron chi connectivity index (χ3n) is 7.97. The van der Waals surface area contributed by atoms with E-state index in [0.29, 0.717) is 0 Å². The molecule has 0 fully saturated rings. The first-order valence-electron chi connectivity index (χ1n) is 14.7. The highest BCUT2D eigenvalue weighted by Crippen LogP contribution is 2.37.